The lowest BCUT2D eigenvalue weighted by atomic mass is 10.1. The molecule has 106 valence electrons. The fourth-order valence-corrected chi connectivity index (χ4v) is 3.67. The van der Waals surface area contributed by atoms with Crippen molar-refractivity contribution in [2.24, 2.45) is 0 Å². The number of likely N-dealkylation sites (N-methyl/N-ethyl adjacent to an activating group) is 1. The van der Waals surface area contributed by atoms with E-state index in [9.17, 15) is 0 Å². The molecule has 1 atom stereocenters. The first kappa shape index (κ1) is 15.1. The smallest absolute Gasteiger partial charge is 0.0425 e. The number of rotatable bonds is 6. The summed E-state index contributed by atoms with van der Waals surface area (Å²) in [6, 6.07) is 17.6. The van der Waals surface area contributed by atoms with Gasteiger partial charge in [-0.25, -0.2) is 0 Å². The molecule has 0 aliphatic carbocycles. The molecule has 2 heteroatoms. The van der Waals surface area contributed by atoms with Gasteiger partial charge in [0.2, 0.25) is 0 Å². The van der Waals surface area contributed by atoms with E-state index < -0.39 is 0 Å². The predicted molar refractivity (Wildman–Crippen MR) is 90.3 cm³/mol. The summed E-state index contributed by atoms with van der Waals surface area (Å²) in [6.07, 6.45) is 0. The minimum Gasteiger partial charge on any atom is -0.318 e. The molecule has 0 spiro atoms. The Bertz CT molecular complexity index is 516. The minimum absolute atomic E-state index is 0.502. The Kier molecular flexibility index (Phi) is 5.69. The first-order valence-electron chi connectivity index (χ1n) is 7.07. The van der Waals surface area contributed by atoms with Gasteiger partial charge in [-0.1, -0.05) is 59.7 Å². The maximum absolute atomic E-state index is 3.30. The lowest BCUT2D eigenvalue weighted by Gasteiger charge is -2.17. The SMILES string of the molecule is CNCC(SCc1cc(C)cc(C)c1)c1ccccc1. The van der Waals surface area contributed by atoms with Gasteiger partial charge in [0.25, 0.3) is 0 Å². The summed E-state index contributed by atoms with van der Waals surface area (Å²) in [5, 5.41) is 3.81. The van der Waals surface area contributed by atoms with Crippen LogP contribution in [0.2, 0.25) is 0 Å². The Balaban J connectivity index is 2.05. The van der Waals surface area contributed by atoms with Crippen LogP contribution < -0.4 is 5.32 Å². The van der Waals surface area contributed by atoms with E-state index in [4.69, 9.17) is 0 Å². The highest BCUT2D eigenvalue weighted by Gasteiger charge is 2.11. The summed E-state index contributed by atoms with van der Waals surface area (Å²) < 4.78 is 0. The van der Waals surface area contributed by atoms with Gasteiger partial charge in [0.1, 0.15) is 0 Å². The fraction of sp³-hybridized carbons (Fsp3) is 0.333. The van der Waals surface area contributed by atoms with Crippen LogP contribution in [0.5, 0.6) is 0 Å². The topological polar surface area (TPSA) is 12.0 Å². The Morgan fingerprint density at radius 1 is 1.00 bits per heavy atom. The first-order chi connectivity index (χ1) is 9.69. The minimum atomic E-state index is 0.502. The third kappa shape index (κ3) is 4.39. The Hall–Kier alpha value is -1.25. The van der Waals surface area contributed by atoms with Gasteiger partial charge < -0.3 is 5.32 Å². The van der Waals surface area contributed by atoms with Gasteiger partial charge in [-0.2, -0.15) is 0 Å². The van der Waals surface area contributed by atoms with Crippen LogP contribution in [0, 0.1) is 13.8 Å². The van der Waals surface area contributed by atoms with Crippen LogP contribution in [-0.2, 0) is 5.75 Å². The van der Waals surface area contributed by atoms with Crippen LogP contribution in [-0.4, -0.2) is 13.6 Å². The van der Waals surface area contributed by atoms with Crippen molar-refractivity contribution in [3.8, 4) is 0 Å². The van der Waals surface area contributed by atoms with Gasteiger partial charge in [-0.3, -0.25) is 0 Å². The van der Waals surface area contributed by atoms with Crippen LogP contribution in [0.1, 0.15) is 27.5 Å². The van der Waals surface area contributed by atoms with Crippen molar-refractivity contribution >= 4 is 11.8 Å². The summed E-state index contributed by atoms with van der Waals surface area (Å²) in [4.78, 5) is 0. The number of benzene rings is 2. The quantitative estimate of drug-likeness (QED) is 0.839. The summed E-state index contributed by atoms with van der Waals surface area (Å²) in [7, 11) is 2.02. The molecule has 20 heavy (non-hydrogen) atoms. The zero-order chi connectivity index (χ0) is 14.4. The van der Waals surface area contributed by atoms with Gasteiger partial charge in [0.05, 0.1) is 0 Å². The molecular formula is C18H23NS. The maximum atomic E-state index is 3.30. The van der Waals surface area contributed by atoms with Crippen LogP contribution in [0.3, 0.4) is 0 Å². The van der Waals surface area contributed by atoms with Crippen molar-refractivity contribution in [2.45, 2.75) is 24.9 Å². The molecule has 0 heterocycles. The molecule has 0 aliphatic rings. The molecular weight excluding hydrogens is 262 g/mol. The van der Waals surface area contributed by atoms with E-state index in [2.05, 4.69) is 67.7 Å². The Labute approximate surface area is 126 Å². The van der Waals surface area contributed by atoms with E-state index in [0.717, 1.165) is 12.3 Å². The van der Waals surface area contributed by atoms with E-state index in [1.165, 1.54) is 22.3 Å². The summed E-state index contributed by atoms with van der Waals surface area (Å²) in [5.41, 5.74) is 5.52. The highest BCUT2D eigenvalue weighted by molar-refractivity contribution is 7.98. The molecule has 0 saturated heterocycles. The predicted octanol–water partition coefficient (Wildman–Crippen LogP) is 4.50. The van der Waals surface area contributed by atoms with Crippen molar-refractivity contribution in [3.05, 3.63) is 70.8 Å². The van der Waals surface area contributed by atoms with Crippen molar-refractivity contribution < 1.29 is 0 Å². The van der Waals surface area contributed by atoms with E-state index in [-0.39, 0.29) is 0 Å². The molecule has 1 N–H and O–H groups in total. The van der Waals surface area contributed by atoms with Crippen molar-refractivity contribution in [1.29, 1.82) is 0 Å². The first-order valence-corrected chi connectivity index (χ1v) is 8.12. The average Bonchev–Trinajstić information content (AvgIpc) is 2.43. The normalized spacial score (nSPS) is 12.3. The van der Waals surface area contributed by atoms with Gasteiger partial charge >= 0.3 is 0 Å². The molecule has 2 rings (SSSR count). The van der Waals surface area contributed by atoms with E-state index in [1.54, 1.807) is 0 Å². The number of aryl methyl sites for hydroxylation is 2. The highest BCUT2D eigenvalue weighted by Crippen LogP contribution is 2.31. The third-order valence-corrected chi connectivity index (χ3v) is 4.63. The molecule has 0 aliphatic heterocycles. The van der Waals surface area contributed by atoms with E-state index >= 15 is 0 Å². The average molecular weight is 285 g/mol. The molecule has 2 aromatic rings. The summed E-state index contributed by atoms with van der Waals surface area (Å²) in [5.74, 6) is 1.06. The van der Waals surface area contributed by atoms with Crippen LogP contribution in [0.4, 0.5) is 0 Å². The van der Waals surface area contributed by atoms with Gasteiger partial charge in [0, 0.05) is 17.5 Å². The zero-order valence-corrected chi connectivity index (χ0v) is 13.3. The second-order valence-electron chi connectivity index (χ2n) is 5.26. The lowest BCUT2D eigenvalue weighted by Crippen LogP contribution is -2.15. The van der Waals surface area contributed by atoms with Gasteiger partial charge in [0.15, 0.2) is 0 Å². The Morgan fingerprint density at radius 3 is 2.25 bits per heavy atom. The lowest BCUT2D eigenvalue weighted by molar-refractivity contribution is 0.777. The van der Waals surface area contributed by atoms with E-state index in [1.807, 2.05) is 18.8 Å². The maximum Gasteiger partial charge on any atom is 0.0425 e. The zero-order valence-electron chi connectivity index (χ0n) is 12.5. The number of nitrogens with one attached hydrogen (secondary N) is 1. The number of hydrogen-bond acceptors (Lipinski definition) is 2. The second-order valence-corrected chi connectivity index (χ2v) is 6.46. The second kappa shape index (κ2) is 7.51. The molecule has 0 bridgehead atoms. The standard InChI is InChI=1S/C18H23NS/c1-14-9-15(2)11-16(10-14)13-20-18(12-19-3)17-7-5-4-6-8-17/h4-11,18-19H,12-13H2,1-3H3. The highest BCUT2D eigenvalue weighted by atomic mass is 32.2. The molecule has 0 fully saturated rings. The van der Waals surface area contributed by atoms with Gasteiger partial charge in [-0.15, -0.1) is 11.8 Å². The molecule has 1 unspecified atom stereocenters. The fourth-order valence-electron chi connectivity index (χ4n) is 2.48. The largest absolute Gasteiger partial charge is 0.318 e. The van der Waals surface area contributed by atoms with Crippen molar-refractivity contribution in [3.63, 3.8) is 0 Å². The van der Waals surface area contributed by atoms with Crippen LogP contribution >= 0.6 is 11.8 Å². The summed E-state index contributed by atoms with van der Waals surface area (Å²) >= 11 is 2.01. The molecule has 0 amide bonds. The molecule has 0 saturated carbocycles. The van der Waals surface area contributed by atoms with Crippen LogP contribution in [0.15, 0.2) is 48.5 Å². The molecule has 0 radical (unpaired) electrons. The molecule has 2 aromatic carbocycles. The van der Waals surface area contributed by atoms with Crippen molar-refractivity contribution in [2.75, 3.05) is 13.6 Å². The van der Waals surface area contributed by atoms with Crippen LogP contribution in [0.25, 0.3) is 0 Å². The number of thioether (sulfide) groups is 1. The molecule has 1 nitrogen and oxygen atoms in total. The van der Waals surface area contributed by atoms with Crippen molar-refractivity contribution in [1.82, 2.24) is 5.32 Å². The molecule has 0 aromatic heterocycles. The third-order valence-electron chi connectivity index (χ3n) is 3.29. The monoisotopic (exact) mass is 285 g/mol. The summed E-state index contributed by atoms with van der Waals surface area (Å²) in [6.45, 7) is 5.34. The Morgan fingerprint density at radius 2 is 1.65 bits per heavy atom. The van der Waals surface area contributed by atoms with E-state index in [0.29, 0.717) is 5.25 Å². The van der Waals surface area contributed by atoms with Gasteiger partial charge in [-0.05, 0) is 32.0 Å². The number of hydrogen-bond donors (Lipinski definition) is 1.